The van der Waals surface area contributed by atoms with Gasteiger partial charge in [0.1, 0.15) is 11.2 Å². The molecule has 0 radical (unpaired) electrons. The molecular formula is C13H14N2O4. The number of pyridine rings is 1. The number of imide groups is 1. The number of amides is 2. The number of carbonyl (C=O) groups is 3. The van der Waals surface area contributed by atoms with E-state index in [0.717, 1.165) is 4.90 Å². The average molecular weight is 262 g/mol. The maximum Gasteiger partial charge on any atom is 0.330 e. The van der Waals surface area contributed by atoms with Crippen LogP contribution < -0.4 is 0 Å². The second-order valence-corrected chi connectivity index (χ2v) is 4.95. The smallest absolute Gasteiger partial charge is 0.330 e. The number of hydrogen-bond donors (Lipinski definition) is 1. The summed E-state index contributed by atoms with van der Waals surface area (Å²) < 4.78 is 0. The molecule has 0 aliphatic carbocycles. The highest BCUT2D eigenvalue weighted by atomic mass is 16.4. The lowest BCUT2D eigenvalue weighted by molar-refractivity contribution is -0.150. The Kier molecular flexibility index (Phi) is 2.88. The first-order chi connectivity index (χ1) is 8.81. The van der Waals surface area contributed by atoms with Crippen molar-refractivity contribution in [2.75, 3.05) is 0 Å². The minimum absolute atomic E-state index is 0.0145. The Hall–Kier alpha value is -2.24. The van der Waals surface area contributed by atoms with Gasteiger partial charge in [-0.25, -0.2) is 4.79 Å². The molecule has 2 rings (SSSR count). The van der Waals surface area contributed by atoms with Crippen LogP contribution in [0.5, 0.6) is 0 Å². The zero-order chi connectivity index (χ0) is 14.4. The molecule has 0 fully saturated rings. The van der Waals surface area contributed by atoms with E-state index in [1.807, 2.05) is 0 Å². The van der Waals surface area contributed by atoms with Crippen LogP contribution in [0.3, 0.4) is 0 Å². The minimum atomic E-state index is -1.59. The van der Waals surface area contributed by atoms with Gasteiger partial charge in [-0.2, -0.15) is 0 Å². The van der Waals surface area contributed by atoms with Crippen LogP contribution >= 0.6 is 0 Å². The Bertz CT molecular complexity index is 547. The fourth-order valence-electron chi connectivity index (χ4n) is 2.09. The van der Waals surface area contributed by atoms with Crippen LogP contribution in [-0.4, -0.2) is 38.3 Å². The first-order valence-electron chi connectivity index (χ1n) is 5.89. The number of carboxylic acids is 1. The fourth-order valence-corrected chi connectivity index (χ4v) is 2.09. The molecule has 0 aromatic carbocycles. The van der Waals surface area contributed by atoms with Crippen LogP contribution in [-0.2, 0) is 4.79 Å². The topological polar surface area (TPSA) is 87.6 Å². The van der Waals surface area contributed by atoms with Gasteiger partial charge in [0.15, 0.2) is 0 Å². The van der Waals surface area contributed by atoms with E-state index in [0.29, 0.717) is 0 Å². The molecule has 1 N–H and O–H groups in total. The minimum Gasteiger partial charge on any atom is -0.479 e. The summed E-state index contributed by atoms with van der Waals surface area (Å²) >= 11 is 0. The summed E-state index contributed by atoms with van der Waals surface area (Å²) in [5.74, 6) is -2.89. The van der Waals surface area contributed by atoms with Crippen molar-refractivity contribution in [2.24, 2.45) is 5.92 Å². The van der Waals surface area contributed by atoms with Gasteiger partial charge in [-0.15, -0.1) is 0 Å². The predicted molar refractivity (Wildman–Crippen MR) is 65.6 cm³/mol. The maximum absolute atomic E-state index is 12.3. The number of carboxylic acid groups (broad SMARTS) is 1. The molecule has 19 heavy (non-hydrogen) atoms. The number of rotatable bonds is 3. The third-order valence-electron chi connectivity index (χ3n) is 3.67. The highest BCUT2D eigenvalue weighted by Crippen LogP contribution is 2.33. The number of carbonyl (C=O) groups excluding carboxylic acids is 2. The van der Waals surface area contributed by atoms with E-state index < -0.39 is 29.2 Å². The molecule has 0 saturated carbocycles. The SMILES string of the molecule is CC(C)[C@@](C)(C(=O)O)N1C(=O)c2cccnc2C1=O. The van der Waals surface area contributed by atoms with E-state index in [9.17, 15) is 19.5 Å². The fraction of sp³-hybridized carbons (Fsp3) is 0.385. The number of aliphatic carboxylic acids is 1. The van der Waals surface area contributed by atoms with E-state index in [-0.39, 0.29) is 11.3 Å². The summed E-state index contributed by atoms with van der Waals surface area (Å²) in [4.78, 5) is 40.7. The van der Waals surface area contributed by atoms with Crippen LogP contribution in [0, 0.1) is 5.92 Å². The van der Waals surface area contributed by atoms with Gasteiger partial charge in [-0.3, -0.25) is 19.5 Å². The predicted octanol–water partition coefficient (Wildman–Crippen LogP) is 1.18. The molecular weight excluding hydrogens is 248 g/mol. The van der Waals surface area contributed by atoms with Crippen LogP contribution in [0.1, 0.15) is 41.6 Å². The monoisotopic (exact) mass is 262 g/mol. The van der Waals surface area contributed by atoms with Gasteiger partial charge in [-0.05, 0) is 25.0 Å². The van der Waals surface area contributed by atoms with Gasteiger partial charge in [0.2, 0.25) is 0 Å². The Morgan fingerprint density at radius 1 is 1.37 bits per heavy atom. The number of aromatic nitrogens is 1. The van der Waals surface area contributed by atoms with Crippen LogP contribution in [0.25, 0.3) is 0 Å². The van der Waals surface area contributed by atoms with Crippen molar-refractivity contribution in [3.63, 3.8) is 0 Å². The number of fused-ring (bicyclic) bond motifs is 1. The van der Waals surface area contributed by atoms with E-state index >= 15 is 0 Å². The van der Waals surface area contributed by atoms with Gasteiger partial charge in [0, 0.05) is 6.20 Å². The third-order valence-corrected chi connectivity index (χ3v) is 3.67. The maximum atomic E-state index is 12.3. The van der Waals surface area contributed by atoms with Crippen LogP contribution in [0.15, 0.2) is 18.3 Å². The molecule has 1 aliphatic rings. The van der Waals surface area contributed by atoms with Gasteiger partial charge in [-0.1, -0.05) is 13.8 Å². The molecule has 1 atom stereocenters. The summed E-state index contributed by atoms with van der Waals surface area (Å²) in [6.07, 6.45) is 1.40. The zero-order valence-electron chi connectivity index (χ0n) is 10.9. The van der Waals surface area contributed by atoms with Gasteiger partial charge < -0.3 is 5.11 Å². The van der Waals surface area contributed by atoms with Crippen molar-refractivity contribution >= 4 is 17.8 Å². The third kappa shape index (κ3) is 1.63. The molecule has 2 amide bonds. The summed E-state index contributed by atoms with van der Waals surface area (Å²) in [6.45, 7) is 4.69. The van der Waals surface area contributed by atoms with Crippen molar-refractivity contribution in [2.45, 2.75) is 26.3 Å². The summed E-state index contributed by atoms with van der Waals surface area (Å²) in [5, 5.41) is 9.41. The summed E-state index contributed by atoms with van der Waals surface area (Å²) in [6, 6.07) is 3.02. The average Bonchev–Trinajstić information content (AvgIpc) is 2.61. The quantitative estimate of drug-likeness (QED) is 0.826. The Morgan fingerprint density at radius 3 is 2.47 bits per heavy atom. The molecule has 0 saturated heterocycles. The second kappa shape index (κ2) is 4.15. The van der Waals surface area contributed by atoms with E-state index in [4.69, 9.17) is 0 Å². The second-order valence-electron chi connectivity index (χ2n) is 4.95. The normalized spacial score (nSPS) is 17.6. The van der Waals surface area contributed by atoms with Crippen LogP contribution in [0.2, 0.25) is 0 Å². The van der Waals surface area contributed by atoms with Crippen molar-refractivity contribution in [1.29, 1.82) is 0 Å². The molecule has 0 unspecified atom stereocenters. The van der Waals surface area contributed by atoms with Crippen molar-refractivity contribution in [3.05, 3.63) is 29.6 Å². The van der Waals surface area contributed by atoms with Crippen molar-refractivity contribution in [1.82, 2.24) is 9.88 Å². The first-order valence-corrected chi connectivity index (χ1v) is 5.89. The van der Waals surface area contributed by atoms with Crippen molar-refractivity contribution in [3.8, 4) is 0 Å². The lowest BCUT2D eigenvalue weighted by Crippen LogP contribution is -2.58. The van der Waals surface area contributed by atoms with Crippen LogP contribution in [0.4, 0.5) is 0 Å². The molecule has 6 nitrogen and oxygen atoms in total. The summed E-state index contributed by atoms with van der Waals surface area (Å²) in [5.41, 5.74) is -1.42. The standard InChI is InChI=1S/C13H14N2O4/c1-7(2)13(3,12(18)19)15-10(16)8-5-4-6-14-9(8)11(15)17/h4-7H,1-3H3,(H,18,19)/t13-/m0/s1. The van der Waals surface area contributed by atoms with Crippen molar-refractivity contribution < 1.29 is 19.5 Å². The molecule has 1 aromatic rings. The number of hydrogen-bond acceptors (Lipinski definition) is 4. The number of nitrogens with zero attached hydrogens (tertiary/aromatic N) is 2. The molecule has 2 heterocycles. The van der Waals surface area contributed by atoms with E-state index in [2.05, 4.69) is 4.98 Å². The molecule has 6 heteroatoms. The Labute approximate surface area is 110 Å². The largest absolute Gasteiger partial charge is 0.479 e. The molecule has 1 aromatic heterocycles. The highest BCUT2D eigenvalue weighted by Gasteiger charge is 2.53. The Balaban J connectivity index is 2.58. The van der Waals surface area contributed by atoms with Gasteiger partial charge in [0.25, 0.3) is 11.8 Å². The van der Waals surface area contributed by atoms with Gasteiger partial charge >= 0.3 is 5.97 Å². The van der Waals surface area contributed by atoms with Gasteiger partial charge in [0.05, 0.1) is 5.56 Å². The molecule has 0 bridgehead atoms. The molecule has 100 valence electrons. The molecule has 1 aliphatic heterocycles. The summed E-state index contributed by atoms with van der Waals surface area (Å²) in [7, 11) is 0. The Morgan fingerprint density at radius 2 is 2.00 bits per heavy atom. The molecule has 0 spiro atoms. The zero-order valence-corrected chi connectivity index (χ0v) is 10.9. The first kappa shape index (κ1) is 13.2. The van der Waals surface area contributed by atoms with E-state index in [1.165, 1.54) is 19.2 Å². The van der Waals surface area contributed by atoms with E-state index in [1.54, 1.807) is 19.9 Å². The lowest BCUT2D eigenvalue weighted by atomic mass is 9.86. The highest BCUT2D eigenvalue weighted by molar-refractivity contribution is 6.22. The lowest BCUT2D eigenvalue weighted by Gasteiger charge is -2.36.